The van der Waals surface area contributed by atoms with E-state index >= 15 is 0 Å². The van der Waals surface area contributed by atoms with Gasteiger partial charge in [0.25, 0.3) is 0 Å². The summed E-state index contributed by atoms with van der Waals surface area (Å²) in [6, 6.07) is 5.41. The smallest absolute Gasteiger partial charge is 0.155 e. The van der Waals surface area contributed by atoms with Crippen molar-refractivity contribution >= 4 is 29.5 Å². The van der Waals surface area contributed by atoms with Gasteiger partial charge in [-0.25, -0.2) is 4.68 Å². The first-order valence-electron chi connectivity index (χ1n) is 5.01. The van der Waals surface area contributed by atoms with Gasteiger partial charge >= 0.3 is 0 Å². The van der Waals surface area contributed by atoms with Gasteiger partial charge in [0.15, 0.2) is 6.29 Å². The van der Waals surface area contributed by atoms with Crippen LogP contribution in [0.3, 0.4) is 0 Å². The van der Waals surface area contributed by atoms with Gasteiger partial charge in [-0.1, -0.05) is 23.2 Å². The summed E-state index contributed by atoms with van der Waals surface area (Å²) in [5.74, 6) is 0. The largest absolute Gasteiger partial charge is 0.298 e. The van der Waals surface area contributed by atoms with Crippen LogP contribution >= 0.6 is 23.2 Å². The van der Waals surface area contributed by atoms with Crippen molar-refractivity contribution in [2.45, 2.75) is 13.8 Å². The van der Waals surface area contributed by atoms with Gasteiger partial charge in [-0.05, 0) is 37.6 Å². The Balaban J connectivity index is 2.65. The fraction of sp³-hybridized carbons (Fsp3) is 0.167. The van der Waals surface area contributed by atoms with Crippen LogP contribution < -0.4 is 0 Å². The van der Waals surface area contributed by atoms with Gasteiger partial charge < -0.3 is 0 Å². The molecular weight excluding hydrogens is 259 g/mol. The fourth-order valence-electron chi connectivity index (χ4n) is 1.66. The summed E-state index contributed by atoms with van der Waals surface area (Å²) in [6.45, 7) is 3.66. The quantitative estimate of drug-likeness (QED) is 0.780. The van der Waals surface area contributed by atoms with Gasteiger partial charge in [-0.15, -0.1) is 0 Å². The molecule has 3 nitrogen and oxygen atoms in total. The van der Waals surface area contributed by atoms with Crippen LogP contribution in [-0.2, 0) is 0 Å². The van der Waals surface area contributed by atoms with Crippen molar-refractivity contribution in [1.29, 1.82) is 0 Å². The van der Waals surface area contributed by atoms with E-state index < -0.39 is 0 Å². The number of benzene rings is 1. The summed E-state index contributed by atoms with van der Waals surface area (Å²) < 4.78 is 1.55. The maximum atomic E-state index is 10.9. The molecule has 2 aromatic rings. The zero-order chi connectivity index (χ0) is 12.6. The summed E-state index contributed by atoms with van der Waals surface area (Å²) in [4.78, 5) is 10.9. The molecule has 0 spiro atoms. The Bertz CT molecular complexity index is 590. The first kappa shape index (κ1) is 12.1. The fourth-order valence-corrected chi connectivity index (χ4v) is 2.20. The van der Waals surface area contributed by atoms with E-state index in [0.29, 0.717) is 27.7 Å². The summed E-state index contributed by atoms with van der Waals surface area (Å²) >= 11 is 12.0. The molecule has 0 atom stereocenters. The standard InChI is InChI=1S/C12H10Cl2N2O/c1-7-5-9(13)3-4-11(7)16-12(14)10(6-17)8(2)15-16/h3-6H,1-2H3. The van der Waals surface area contributed by atoms with Crippen molar-refractivity contribution in [2.24, 2.45) is 0 Å². The molecule has 5 heteroatoms. The minimum atomic E-state index is 0.322. The zero-order valence-electron chi connectivity index (χ0n) is 9.37. The number of halogens is 2. The van der Waals surface area contributed by atoms with Crippen LogP contribution in [0, 0.1) is 13.8 Å². The van der Waals surface area contributed by atoms with Gasteiger partial charge in [0.2, 0.25) is 0 Å². The SMILES string of the molecule is Cc1cc(Cl)ccc1-n1nc(C)c(C=O)c1Cl. The maximum absolute atomic E-state index is 10.9. The maximum Gasteiger partial charge on any atom is 0.155 e. The molecule has 0 aliphatic carbocycles. The van der Waals surface area contributed by atoms with Crippen LogP contribution in [0.15, 0.2) is 18.2 Å². The molecule has 0 aliphatic rings. The first-order valence-corrected chi connectivity index (χ1v) is 5.77. The molecule has 0 amide bonds. The van der Waals surface area contributed by atoms with E-state index in [9.17, 15) is 4.79 Å². The lowest BCUT2D eigenvalue weighted by molar-refractivity contribution is 0.112. The van der Waals surface area contributed by atoms with E-state index in [2.05, 4.69) is 5.10 Å². The summed E-state index contributed by atoms with van der Waals surface area (Å²) in [5, 5.41) is 5.23. The summed E-state index contributed by atoms with van der Waals surface area (Å²) in [7, 11) is 0. The van der Waals surface area contributed by atoms with Gasteiger partial charge in [0.05, 0.1) is 16.9 Å². The Morgan fingerprint density at radius 3 is 2.53 bits per heavy atom. The molecule has 0 saturated carbocycles. The molecule has 1 heterocycles. The lowest BCUT2D eigenvalue weighted by Crippen LogP contribution is -1.99. The number of hydrogen-bond donors (Lipinski definition) is 0. The van der Waals surface area contributed by atoms with Crippen LogP contribution in [0.2, 0.25) is 10.2 Å². The van der Waals surface area contributed by atoms with Gasteiger partial charge in [-0.3, -0.25) is 4.79 Å². The second kappa shape index (κ2) is 4.51. The number of rotatable bonds is 2. The van der Waals surface area contributed by atoms with Gasteiger partial charge in [0.1, 0.15) is 5.15 Å². The average molecular weight is 269 g/mol. The topological polar surface area (TPSA) is 34.9 Å². The Hall–Kier alpha value is -1.32. The van der Waals surface area contributed by atoms with Crippen molar-refractivity contribution in [3.8, 4) is 5.69 Å². The third-order valence-electron chi connectivity index (χ3n) is 2.55. The van der Waals surface area contributed by atoms with E-state index in [1.165, 1.54) is 0 Å². The molecule has 17 heavy (non-hydrogen) atoms. The predicted octanol–water partition coefficient (Wildman–Crippen LogP) is 3.61. The van der Waals surface area contributed by atoms with Crippen molar-refractivity contribution in [3.63, 3.8) is 0 Å². The van der Waals surface area contributed by atoms with Crippen LogP contribution in [0.25, 0.3) is 5.69 Å². The third-order valence-corrected chi connectivity index (χ3v) is 3.15. The monoisotopic (exact) mass is 268 g/mol. The molecule has 0 unspecified atom stereocenters. The lowest BCUT2D eigenvalue weighted by atomic mass is 10.2. The van der Waals surface area contributed by atoms with E-state index in [4.69, 9.17) is 23.2 Å². The minimum Gasteiger partial charge on any atom is -0.298 e. The number of hydrogen-bond acceptors (Lipinski definition) is 2. The number of carbonyl (C=O) groups excluding carboxylic acids is 1. The molecule has 0 saturated heterocycles. The molecule has 0 N–H and O–H groups in total. The van der Waals surface area contributed by atoms with E-state index in [1.807, 2.05) is 19.1 Å². The van der Waals surface area contributed by atoms with Crippen molar-refractivity contribution < 1.29 is 4.79 Å². The zero-order valence-corrected chi connectivity index (χ0v) is 10.9. The molecule has 0 fully saturated rings. The Kier molecular flexibility index (Phi) is 3.22. The molecule has 88 valence electrons. The second-order valence-corrected chi connectivity index (χ2v) is 4.54. The number of aryl methyl sites for hydroxylation is 2. The lowest BCUT2D eigenvalue weighted by Gasteiger charge is -2.07. The van der Waals surface area contributed by atoms with Crippen molar-refractivity contribution in [2.75, 3.05) is 0 Å². The highest BCUT2D eigenvalue weighted by molar-refractivity contribution is 6.32. The van der Waals surface area contributed by atoms with E-state index in [1.54, 1.807) is 17.7 Å². The highest BCUT2D eigenvalue weighted by atomic mass is 35.5. The van der Waals surface area contributed by atoms with E-state index in [0.717, 1.165) is 11.3 Å². The van der Waals surface area contributed by atoms with E-state index in [-0.39, 0.29) is 0 Å². The molecule has 1 aromatic heterocycles. The van der Waals surface area contributed by atoms with Crippen LogP contribution in [0.5, 0.6) is 0 Å². The normalized spacial score (nSPS) is 10.6. The molecule has 2 rings (SSSR count). The Morgan fingerprint density at radius 1 is 1.29 bits per heavy atom. The third kappa shape index (κ3) is 2.08. The van der Waals surface area contributed by atoms with Gasteiger partial charge in [-0.2, -0.15) is 5.10 Å². The second-order valence-electron chi connectivity index (χ2n) is 3.75. The van der Waals surface area contributed by atoms with Crippen LogP contribution in [-0.4, -0.2) is 16.1 Å². The van der Waals surface area contributed by atoms with Gasteiger partial charge in [0, 0.05) is 5.02 Å². The molecule has 0 radical (unpaired) electrons. The molecule has 1 aromatic carbocycles. The molecule has 0 bridgehead atoms. The molecular formula is C12H10Cl2N2O. The van der Waals surface area contributed by atoms with Crippen molar-refractivity contribution in [3.05, 3.63) is 45.2 Å². The predicted molar refractivity (Wildman–Crippen MR) is 68.4 cm³/mol. The highest BCUT2D eigenvalue weighted by Gasteiger charge is 2.15. The summed E-state index contributed by atoms with van der Waals surface area (Å²) in [5.41, 5.74) is 2.79. The number of aromatic nitrogens is 2. The minimum absolute atomic E-state index is 0.322. The highest BCUT2D eigenvalue weighted by Crippen LogP contribution is 2.25. The average Bonchev–Trinajstić information content (AvgIpc) is 2.54. The number of carbonyl (C=O) groups is 1. The number of aldehydes is 1. The first-order chi connectivity index (χ1) is 8.04. The summed E-state index contributed by atoms with van der Waals surface area (Å²) in [6.07, 6.45) is 0.715. The Labute approximate surface area is 109 Å². The Morgan fingerprint density at radius 2 is 2.00 bits per heavy atom. The van der Waals surface area contributed by atoms with Crippen LogP contribution in [0.1, 0.15) is 21.6 Å². The number of nitrogens with zero attached hydrogens (tertiary/aromatic N) is 2. The molecule has 0 aliphatic heterocycles. The van der Waals surface area contributed by atoms with Crippen LogP contribution in [0.4, 0.5) is 0 Å². The van der Waals surface area contributed by atoms with Crippen molar-refractivity contribution in [1.82, 2.24) is 9.78 Å².